The van der Waals surface area contributed by atoms with Crippen molar-refractivity contribution in [3.05, 3.63) is 83.1 Å². The van der Waals surface area contributed by atoms with E-state index < -0.39 is 5.82 Å². The molecular formula is C19H11FN2. The lowest BCUT2D eigenvalue weighted by Gasteiger charge is -2.07. The summed E-state index contributed by atoms with van der Waals surface area (Å²) in [4.78, 5) is 7.80. The molecule has 2 nitrogen and oxygen atoms in total. The van der Waals surface area contributed by atoms with Gasteiger partial charge in [-0.15, -0.1) is 0 Å². The number of nitrogens with zero attached hydrogens (tertiary/aromatic N) is 2. The number of fused-ring (bicyclic) bond motifs is 3. The van der Waals surface area contributed by atoms with Gasteiger partial charge in [0.15, 0.2) is 0 Å². The minimum absolute atomic E-state index is 0.140. The smallest absolute Gasteiger partial charge is 0.226 e. The van der Waals surface area contributed by atoms with Crippen LogP contribution in [0.3, 0.4) is 0 Å². The molecule has 0 bridgehead atoms. The first-order valence-corrected chi connectivity index (χ1v) is 7.02. The van der Waals surface area contributed by atoms with Crippen LogP contribution in [0.25, 0.3) is 27.2 Å². The Bertz CT molecular complexity index is 924. The Labute approximate surface area is 127 Å². The van der Waals surface area contributed by atoms with Gasteiger partial charge in [-0.2, -0.15) is 0 Å². The predicted molar refractivity (Wildman–Crippen MR) is 84.1 cm³/mol. The van der Waals surface area contributed by atoms with Crippen LogP contribution in [0.2, 0.25) is 0 Å². The van der Waals surface area contributed by atoms with Gasteiger partial charge >= 0.3 is 0 Å². The Morgan fingerprint density at radius 1 is 0.909 bits per heavy atom. The van der Waals surface area contributed by atoms with Gasteiger partial charge in [-0.3, -0.25) is 4.98 Å². The molecule has 104 valence electrons. The standard InChI is InChI=1S/C19H11FN2/c1-21-19-16-11-15-12(13(16)8-9-17(19)20)5-4-6-14(15)18-7-2-3-10-22-18/h2-10H,11H2. The molecule has 1 heterocycles. The monoisotopic (exact) mass is 286 g/mol. The third-order valence-corrected chi connectivity index (χ3v) is 4.11. The van der Waals surface area contributed by atoms with Crippen molar-refractivity contribution in [3.63, 3.8) is 0 Å². The highest BCUT2D eigenvalue weighted by molar-refractivity contribution is 5.87. The Balaban J connectivity index is 1.96. The van der Waals surface area contributed by atoms with Gasteiger partial charge in [0.25, 0.3) is 0 Å². The van der Waals surface area contributed by atoms with Crippen molar-refractivity contribution in [2.75, 3.05) is 0 Å². The lowest BCUT2D eigenvalue weighted by Crippen LogP contribution is -1.90. The van der Waals surface area contributed by atoms with Crippen LogP contribution in [-0.2, 0) is 6.42 Å². The molecule has 1 aliphatic carbocycles. The zero-order valence-corrected chi connectivity index (χ0v) is 11.7. The summed E-state index contributed by atoms with van der Waals surface area (Å²) < 4.78 is 13.9. The average Bonchev–Trinajstić information content (AvgIpc) is 2.94. The molecule has 0 saturated heterocycles. The molecule has 3 heteroatoms. The first kappa shape index (κ1) is 12.7. The van der Waals surface area contributed by atoms with Crippen LogP contribution < -0.4 is 0 Å². The van der Waals surface area contributed by atoms with Gasteiger partial charge < -0.3 is 0 Å². The molecule has 2 aromatic carbocycles. The van der Waals surface area contributed by atoms with Crippen LogP contribution in [-0.4, -0.2) is 4.98 Å². The van der Waals surface area contributed by atoms with E-state index in [1.54, 1.807) is 12.3 Å². The van der Waals surface area contributed by atoms with Crippen molar-refractivity contribution < 1.29 is 4.39 Å². The van der Waals surface area contributed by atoms with Crippen LogP contribution in [0.4, 0.5) is 10.1 Å². The summed E-state index contributed by atoms with van der Waals surface area (Å²) >= 11 is 0. The summed E-state index contributed by atoms with van der Waals surface area (Å²) in [6.07, 6.45) is 2.34. The van der Waals surface area contributed by atoms with Crippen molar-refractivity contribution in [3.8, 4) is 22.4 Å². The van der Waals surface area contributed by atoms with Crippen LogP contribution in [0, 0.1) is 12.4 Å². The fourth-order valence-electron chi connectivity index (χ4n) is 3.13. The maximum Gasteiger partial charge on any atom is 0.226 e. The number of benzene rings is 2. The molecular weight excluding hydrogens is 275 g/mol. The van der Waals surface area contributed by atoms with E-state index in [1.165, 1.54) is 6.07 Å². The van der Waals surface area contributed by atoms with Crippen molar-refractivity contribution >= 4 is 5.69 Å². The second-order valence-electron chi connectivity index (χ2n) is 5.26. The summed E-state index contributed by atoms with van der Waals surface area (Å²) in [5, 5.41) is 0. The lowest BCUT2D eigenvalue weighted by molar-refractivity contribution is 0.632. The van der Waals surface area contributed by atoms with Crippen molar-refractivity contribution in [1.82, 2.24) is 4.98 Å². The van der Waals surface area contributed by atoms with Crippen LogP contribution in [0.5, 0.6) is 0 Å². The van der Waals surface area contributed by atoms with Gasteiger partial charge in [-0.25, -0.2) is 9.24 Å². The molecule has 1 aromatic heterocycles. The maximum absolute atomic E-state index is 13.9. The Hall–Kier alpha value is -2.99. The minimum atomic E-state index is -0.444. The van der Waals surface area contributed by atoms with E-state index in [0.717, 1.165) is 33.5 Å². The molecule has 0 amide bonds. The van der Waals surface area contributed by atoms with Gasteiger partial charge in [-0.1, -0.05) is 30.3 Å². The van der Waals surface area contributed by atoms with E-state index in [0.29, 0.717) is 6.42 Å². The summed E-state index contributed by atoms with van der Waals surface area (Å²) in [6, 6.07) is 15.0. The summed E-state index contributed by atoms with van der Waals surface area (Å²) in [5.41, 5.74) is 6.02. The van der Waals surface area contributed by atoms with E-state index >= 15 is 0 Å². The Morgan fingerprint density at radius 2 is 1.73 bits per heavy atom. The highest BCUT2D eigenvalue weighted by Crippen LogP contribution is 2.45. The quantitative estimate of drug-likeness (QED) is 0.450. The van der Waals surface area contributed by atoms with Crippen LogP contribution in [0.1, 0.15) is 11.1 Å². The topological polar surface area (TPSA) is 17.2 Å². The van der Waals surface area contributed by atoms with Gasteiger partial charge in [0.2, 0.25) is 5.69 Å². The molecule has 0 aliphatic heterocycles. The van der Waals surface area contributed by atoms with E-state index in [9.17, 15) is 4.39 Å². The molecule has 22 heavy (non-hydrogen) atoms. The second kappa shape index (κ2) is 4.78. The highest BCUT2D eigenvalue weighted by atomic mass is 19.1. The molecule has 0 unspecified atom stereocenters. The largest absolute Gasteiger partial charge is 0.256 e. The first-order chi connectivity index (χ1) is 10.8. The van der Waals surface area contributed by atoms with Gasteiger partial charge in [0.1, 0.15) is 5.82 Å². The average molecular weight is 286 g/mol. The zero-order chi connectivity index (χ0) is 15.1. The maximum atomic E-state index is 13.9. The number of rotatable bonds is 1. The number of pyridine rings is 1. The van der Waals surface area contributed by atoms with Crippen LogP contribution in [0.15, 0.2) is 54.7 Å². The summed E-state index contributed by atoms with van der Waals surface area (Å²) in [6.45, 7) is 7.25. The Kier molecular flexibility index (Phi) is 2.77. The predicted octanol–water partition coefficient (Wildman–Crippen LogP) is 5.01. The fourth-order valence-corrected chi connectivity index (χ4v) is 3.13. The van der Waals surface area contributed by atoms with E-state index in [-0.39, 0.29) is 5.69 Å². The third-order valence-electron chi connectivity index (χ3n) is 4.11. The van der Waals surface area contributed by atoms with Gasteiger partial charge in [0, 0.05) is 11.8 Å². The molecule has 1 aliphatic rings. The number of halogens is 1. The fraction of sp³-hybridized carbons (Fsp3) is 0.0526. The number of hydrogen-bond donors (Lipinski definition) is 0. The molecule has 0 radical (unpaired) electrons. The lowest BCUT2D eigenvalue weighted by atomic mass is 9.99. The molecule has 0 N–H and O–H groups in total. The van der Waals surface area contributed by atoms with Crippen molar-refractivity contribution in [2.45, 2.75) is 6.42 Å². The number of hydrogen-bond acceptors (Lipinski definition) is 1. The van der Waals surface area contributed by atoms with Gasteiger partial charge in [-0.05, 0) is 46.9 Å². The molecule has 0 saturated carbocycles. The second-order valence-corrected chi connectivity index (χ2v) is 5.26. The zero-order valence-electron chi connectivity index (χ0n) is 11.7. The summed E-state index contributed by atoms with van der Waals surface area (Å²) in [5.74, 6) is -0.444. The first-order valence-electron chi connectivity index (χ1n) is 7.02. The van der Waals surface area contributed by atoms with E-state index in [1.807, 2.05) is 36.4 Å². The molecule has 3 aromatic rings. The Morgan fingerprint density at radius 3 is 2.50 bits per heavy atom. The normalized spacial score (nSPS) is 11.6. The SMILES string of the molecule is [C-]#[N+]c1c(F)ccc2c1Cc1c(-c3ccccn3)cccc1-2. The molecule has 4 rings (SSSR count). The van der Waals surface area contributed by atoms with Crippen molar-refractivity contribution in [1.29, 1.82) is 0 Å². The minimum Gasteiger partial charge on any atom is -0.256 e. The highest BCUT2D eigenvalue weighted by Gasteiger charge is 2.25. The summed E-state index contributed by atoms with van der Waals surface area (Å²) in [7, 11) is 0. The van der Waals surface area contributed by atoms with E-state index in [4.69, 9.17) is 6.57 Å². The molecule has 0 atom stereocenters. The van der Waals surface area contributed by atoms with E-state index in [2.05, 4.69) is 9.83 Å². The molecule has 0 spiro atoms. The number of aromatic nitrogens is 1. The third kappa shape index (κ3) is 1.74. The van der Waals surface area contributed by atoms with Crippen molar-refractivity contribution in [2.24, 2.45) is 0 Å². The molecule has 0 fully saturated rings. The van der Waals surface area contributed by atoms with Crippen LogP contribution >= 0.6 is 0 Å². The van der Waals surface area contributed by atoms with Gasteiger partial charge in [0.05, 0.1) is 12.3 Å².